The zero-order valence-corrected chi connectivity index (χ0v) is 39.2. The topological polar surface area (TPSA) is 138 Å². The third-order valence-electron chi connectivity index (χ3n) is 12.1. The summed E-state index contributed by atoms with van der Waals surface area (Å²) in [4.78, 5) is 36.1. The van der Waals surface area contributed by atoms with Crippen LogP contribution in [0.15, 0.2) is 0 Å². The molecule has 1 aliphatic rings. The fourth-order valence-electron chi connectivity index (χ4n) is 7.90. The number of fused-ring (bicyclic) bond motifs is 1. The Hall–Kier alpha value is -2.13. The van der Waals surface area contributed by atoms with Crippen molar-refractivity contribution in [2.45, 2.75) is 239 Å². The van der Waals surface area contributed by atoms with E-state index >= 15 is 0 Å². The predicted octanol–water partition coefficient (Wildman–Crippen LogP) is 13.6. The number of hydrogen-bond acceptors (Lipinski definition) is 9. The number of unbranched alkanes of at least 4 members (excludes halogenated alkanes) is 22. The molecule has 2 N–H and O–H groups in total. The fourth-order valence-corrected chi connectivity index (χ4v) is 8.65. The van der Waals surface area contributed by atoms with Crippen molar-refractivity contribution in [1.29, 1.82) is 0 Å². The summed E-state index contributed by atoms with van der Waals surface area (Å²) < 4.78 is 41.2. The first-order valence-electron chi connectivity index (χ1n) is 23.8. The van der Waals surface area contributed by atoms with Gasteiger partial charge in [-0.25, -0.2) is 4.57 Å². The molecule has 0 bridgehead atoms. The second-order valence-corrected chi connectivity index (χ2v) is 19.0. The molecule has 1 aliphatic heterocycles. The van der Waals surface area contributed by atoms with Crippen LogP contribution in [0.4, 0.5) is 0 Å². The second-order valence-electron chi connectivity index (χ2n) is 17.5. The number of phosphoric acid groups is 1. The third-order valence-corrected chi connectivity index (χ3v) is 13.1. The minimum Gasteiger partial charge on any atom is -0.507 e. The van der Waals surface area contributed by atoms with Crippen molar-refractivity contribution in [1.82, 2.24) is 0 Å². The molecular formula is C48H85O10P. The summed E-state index contributed by atoms with van der Waals surface area (Å²) in [5.74, 6) is 0.197. The van der Waals surface area contributed by atoms with Crippen LogP contribution in [0.25, 0.3) is 0 Å². The molecule has 0 amide bonds. The molecule has 3 atom stereocenters. The van der Waals surface area contributed by atoms with Crippen molar-refractivity contribution in [3.05, 3.63) is 22.3 Å². The number of ether oxygens (including phenoxy) is 3. The summed E-state index contributed by atoms with van der Waals surface area (Å²) in [6.07, 6.45) is 29.7. The number of phenols is 1. The Morgan fingerprint density at radius 1 is 0.661 bits per heavy atom. The van der Waals surface area contributed by atoms with Gasteiger partial charge in [0.2, 0.25) is 0 Å². The molecule has 0 spiro atoms. The van der Waals surface area contributed by atoms with Crippen LogP contribution in [0, 0.1) is 20.8 Å². The molecule has 11 heteroatoms. The highest BCUT2D eigenvalue weighted by Crippen LogP contribution is 2.46. The molecule has 0 saturated carbocycles. The number of esters is 2. The predicted molar refractivity (Wildman–Crippen MR) is 238 cm³/mol. The Balaban J connectivity index is 1.78. The van der Waals surface area contributed by atoms with Gasteiger partial charge in [0.25, 0.3) is 0 Å². The highest BCUT2D eigenvalue weighted by molar-refractivity contribution is 7.47. The molecule has 0 radical (unpaired) electrons. The van der Waals surface area contributed by atoms with Crippen LogP contribution >= 0.6 is 7.82 Å². The van der Waals surface area contributed by atoms with E-state index < -0.39 is 32.1 Å². The summed E-state index contributed by atoms with van der Waals surface area (Å²) >= 11 is 0. The number of benzene rings is 1. The van der Waals surface area contributed by atoms with Gasteiger partial charge in [0.15, 0.2) is 6.10 Å². The number of phosphoric ester groups is 1. The van der Waals surface area contributed by atoms with Crippen molar-refractivity contribution < 1.29 is 47.4 Å². The highest BCUT2D eigenvalue weighted by atomic mass is 31.2. The molecule has 1 aromatic carbocycles. The number of rotatable bonds is 36. The molecule has 10 nitrogen and oxygen atoms in total. The second kappa shape index (κ2) is 30.8. The van der Waals surface area contributed by atoms with Gasteiger partial charge in [-0.15, -0.1) is 0 Å². The zero-order valence-electron chi connectivity index (χ0n) is 38.3. The summed E-state index contributed by atoms with van der Waals surface area (Å²) in [7, 11) is -4.54. The summed E-state index contributed by atoms with van der Waals surface area (Å²) in [5.41, 5.74) is 2.79. The number of hydrogen-bond donors (Lipinski definition) is 2. The standard InChI is InChI=1S/C48H85O10P/c1-7-9-11-13-15-17-19-20-22-23-25-27-29-31-44(49)54-37-42(57-45(50)32-30-28-26-24-21-18-16-14-12-10-8-2)38-56-59(52,53)55-36-35-48(6)34-33-43-41(5)46(51)39(3)40(4)47(43)58-48/h42,51H,7-38H2,1-6H3,(H,52,53)/t42-,48?/m1/s1. The third kappa shape index (κ3) is 23.0. The lowest BCUT2D eigenvalue weighted by molar-refractivity contribution is -0.161. The molecule has 0 aliphatic carbocycles. The normalized spacial score (nSPS) is 16.6. The van der Waals surface area contributed by atoms with Crippen molar-refractivity contribution in [2.24, 2.45) is 0 Å². The Morgan fingerprint density at radius 3 is 1.61 bits per heavy atom. The number of aromatic hydroxyl groups is 1. The molecule has 1 aromatic rings. The average Bonchev–Trinajstić information content (AvgIpc) is 3.20. The first kappa shape index (κ1) is 53.0. The van der Waals surface area contributed by atoms with Gasteiger partial charge in [0, 0.05) is 24.8 Å². The maximum absolute atomic E-state index is 13.0. The first-order chi connectivity index (χ1) is 28.3. The molecular weight excluding hydrogens is 767 g/mol. The van der Waals surface area contributed by atoms with Crippen LogP contribution in [0.2, 0.25) is 0 Å². The number of carbonyl (C=O) groups is 2. The Morgan fingerprint density at radius 2 is 1.12 bits per heavy atom. The van der Waals surface area contributed by atoms with Crippen molar-refractivity contribution in [3.63, 3.8) is 0 Å². The quantitative estimate of drug-likeness (QED) is 0.0381. The van der Waals surface area contributed by atoms with E-state index in [1.54, 1.807) is 0 Å². The van der Waals surface area contributed by atoms with Crippen LogP contribution in [0.3, 0.4) is 0 Å². The average molecular weight is 853 g/mol. The van der Waals surface area contributed by atoms with Crippen LogP contribution in [0.5, 0.6) is 11.5 Å². The maximum atomic E-state index is 13.0. The van der Waals surface area contributed by atoms with Gasteiger partial charge >= 0.3 is 19.8 Å². The van der Waals surface area contributed by atoms with Gasteiger partial charge < -0.3 is 24.2 Å². The molecule has 0 fully saturated rings. The van der Waals surface area contributed by atoms with Crippen LogP contribution < -0.4 is 4.74 Å². The number of carbonyl (C=O) groups excluding carboxylic acids is 2. The van der Waals surface area contributed by atoms with Gasteiger partial charge in [-0.3, -0.25) is 18.6 Å². The van der Waals surface area contributed by atoms with E-state index in [2.05, 4.69) is 13.8 Å². The SMILES string of the molecule is CCCCCCCCCCCCCCCC(=O)OC[C@H](COP(=O)(O)OCCC1(C)CCc2c(C)c(O)c(C)c(C)c2O1)OC(=O)CCCCCCCCCCCCC. The Labute approximate surface area is 359 Å². The van der Waals surface area contributed by atoms with E-state index in [-0.39, 0.29) is 37.8 Å². The van der Waals surface area contributed by atoms with E-state index in [1.807, 2.05) is 27.7 Å². The first-order valence-corrected chi connectivity index (χ1v) is 25.3. The lowest BCUT2D eigenvalue weighted by atomic mass is 9.86. The Bertz CT molecular complexity index is 1370. The minimum atomic E-state index is -4.54. The van der Waals surface area contributed by atoms with Crippen molar-refractivity contribution in [3.8, 4) is 11.5 Å². The van der Waals surface area contributed by atoms with Crippen LogP contribution in [-0.4, -0.2) is 53.5 Å². The molecule has 2 unspecified atom stereocenters. The molecule has 0 aromatic heterocycles. The fraction of sp³-hybridized carbons (Fsp3) is 0.833. The van der Waals surface area contributed by atoms with E-state index in [9.17, 15) is 24.2 Å². The monoisotopic (exact) mass is 853 g/mol. The lowest BCUT2D eigenvalue weighted by Gasteiger charge is -2.38. The highest BCUT2D eigenvalue weighted by Gasteiger charge is 2.36. The summed E-state index contributed by atoms with van der Waals surface area (Å²) in [5, 5.41) is 10.5. The van der Waals surface area contributed by atoms with Crippen molar-refractivity contribution >= 4 is 19.8 Å². The minimum absolute atomic E-state index is 0.105. The number of phenolic OH excluding ortho intramolecular Hbond substituents is 1. The molecule has 2 rings (SSSR count). The molecule has 1 heterocycles. The largest absolute Gasteiger partial charge is 0.507 e. The van der Waals surface area contributed by atoms with Crippen molar-refractivity contribution in [2.75, 3.05) is 19.8 Å². The molecule has 0 saturated heterocycles. The maximum Gasteiger partial charge on any atom is 0.472 e. The van der Waals surface area contributed by atoms with Gasteiger partial charge in [-0.05, 0) is 70.1 Å². The van der Waals surface area contributed by atoms with E-state index in [1.165, 1.54) is 109 Å². The van der Waals surface area contributed by atoms with Gasteiger partial charge in [-0.2, -0.15) is 0 Å². The van der Waals surface area contributed by atoms with Crippen LogP contribution in [0.1, 0.15) is 223 Å². The van der Waals surface area contributed by atoms with Gasteiger partial charge in [-0.1, -0.05) is 155 Å². The Kier molecular flexibility index (Phi) is 27.7. The zero-order chi connectivity index (χ0) is 43.4. The smallest absolute Gasteiger partial charge is 0.472 e. The van der Waals surface area contributed by atoms with Gasteiger partial charge in [0.05, 0.1) is 13.2 Å². The van der Waals surface area contributed by atoms with Gasteiger partial charge in [0.1, 0.15) is 23.7 Å². The van der Waals surface area contributed by atoms with E-state index in [0.29, 0.717) is 25.7 Å². The summed E-state index contributed by atoms with van der Waals surface area (Å²) in [6, 6.07) is 0. The van der Waals surface area contributed by atoms with Crippen LogP contribution in [-0.2, 0) is 39.1 Å². The molecule has 342 valence electrons. The van der Waals surface area contributed by atoms with E-state index in [0.717, 1.165) is 66.5 Å². The summed E-state index contributed by atoms with van der Waals surface area (Å²) in [6.45, 7) is 11.3. The molecule has 59 heavy (non-hydrogen) atoms. The lowest BCUT2D eigenvalue weighted by Crippen LogP contribution is -2.38. The van der Waals surface area contributed by atoms with E-state index in [4.69, 9.17) is 23.3 Å².